The van der Waals surface area contributed by atoms with Crippen LogP contribution in [-0.2, 0) is 0 Å². The van der Waals surface area contributed by atoms with E-state index < -0.39 is 17.4 Å². The Morgan fingerprint density at radius 2 is 1.90 bits per heavy atom. The van der Waals surface area contributed by atoms with Crippen molar-refractivity contribution in [1.82, 2.24) is 5.32 Å². The van der Waals surface area contributed by atoms with E-state index in [2.05, 4.69) is 16.4 Å². The molecule has 2 heterocycles. The van der Waals surface area contributed by atoms with Gasteiger partial charge < -0.3 is 20.6 Å². The fourth-order valence-corrected chi connectivity index (χ4v) is 2.85. The Morgan fingerprint density at radius 3 is 2.33 bits per heavy atom. The van der Waals surface area contributed by atoms with Gasteiger partial charge in [0.1, 0.15) is 6.07 Å². The van der Waals surface area contributed by atoms with Crippen molar-refractivity contribution in [1.29, 1.82) is 5.26 Å². The molecule has 0 aromatic carbocycles. The molecule has 2 rings (SSSR count). The lowest BCUT2D eigenvalue weighted by molar-refractivity contribution is -0.164. The molecule has 2 aliphatic rings. The zero-order valence-electron chi connectivity index (χ0n) is 12.7. The minimum atomic E-state index is -1.81. The van der Waals surface area contributed by atoms with Crippen molar-refractivity contribution < 1.29 is 15.3 Å². The molecule has 0 radical (unpaired) electrons. The smallest absolute Gasteiger partial charge is 0.180 e. The van der Waals surface area contributed by atoms with E-state index in [1.165, 1.54) is 6.92 Å². The average molecular weight is 293 g/mol. The molecule has 6 heteroatoms. The molecule has 1 fully saturated rings. The zero-order valence-corrected chi connectivity index (χ0v) is 12.7. The maximum Gasteiger partial charge on any atom is 0.180 e. The van der Waals surface area contributed by atoms with Crippen molar-refractivity contribution in [2.24, 2.45) is 4.99 Å². The lowest BCUT2D eigenvalue weighted by Gasteiger charge is -2.24. The second-order valence-corrected chi connectivity index (χ2v) is 6.58. The number of aliphatic imine (C=N–C) groups is 1. The molecule has 0 aliphatic carbocycles. The van der Waals surface area contributed by atoms with Gasteiger partial charge in [-0.05, 0) is 46.5 Å². The number of hydrogen-bond acceptors (Lipinski definition) is 6. The largest absolute Gasteiger partial charge is 0.388 e. The first-order chi connectivity index (χ1) is 9.63. The molecule has 6 nitrogen and oxygen atoms in total. The minimum absolute atomic E-state index is 0.199. The molecule has 2 atom stereocenters. The standard InChI is InChI=1S/C15H23N3O3/c1-14(2,19)12-6-4-10(17-12)9(8-16)11-5-7-13(18-11)15(3,20)21/h12-13,18-21H,4-7H2,1-3H3/t12-,13-/m0/s1. The van der Waals surface area contributed by atoms with Crippen molar-refractivity contribution >= 4 is 5.71 Å². The van der Waals surface area contributed by atoms with Gasteiger partial charge in [0.15, 0.2) is 5.79 Å². The molecule has 4 N–H and O–H groups in total. The summed E-state index contributed by atoms with van der Waals surface area (Å²) in [6.45, 7) is 4.77. The van der Waals surface area contributed by atoms with Gasteiger partial charge in [0.05, 0.1) is 29.0 Å². The van der Waals surface area contributed by atoms with E-state index in [0.29, 0.717) is 36.2 Å². The van der Waals surface area contributed by atoms with Gasteiger partial charge in [-0.2, -0.15) is 5.26 Å². The molecule has 0 spiro atoms. The summed E-state index contributed by atoms with van der Waals surface area (Å²) in [6.07, 6.45) is 2.53. The number of rotatable bonds is 3. The summed E-state index contributed by atoms with van der Waals surface area (Å²) < 4.78 is 0. The monoisotopic (exact) mass is 293 g/mol. The third-order valence-electron chi connectivity index (χ3n) is 4.18. The Balaban J connectivity index is 2.23. The molecule has 0 aromatic rings. The van der Waals surface area contributed by atoms with Crippen LogP contribution in [0.3, 0.4) is 0 Å². The van der Waals surface area contributed by atoms with Gasteiger partial charge >= 0.3 is 0 Å². The van der Waals surface area contributed by atoms with Crippen LogP contribution in [-0.4, -0.2) is 44.5 Å². The molecule has 0 unspecified atom stereocenters. The van der Waals surface area contributed by atoms with Gasteiger partial charge in [-0.1, -0.05) is 0 Å². The van der Waals surface area contributed by atoms with E-state index >= 15 is 0 Å². The van der Waals surface area contributed by atoms with Gasteiger partial charge in [0.25, 0.3) is 0 Å². The molecular formula is C15H23N3O3. The Labute approximate surface area is 124 Å². The Morgan fingerprint density at radius 1 is 1.24 bits per heavy atom. The third-order valence-corrected chi connectivity index (χ3v) is 4.18. The van der Waals surface area contributed by atoms with Gasteiger partial charge in [0, 0.05) is 5.70 Å². The number of hydrogen-bond donors (Lipinski definition) is 4. The lowest BCUT2D eigenvalue weighted by Crippen LogP contribution is -2.44. The van der Waals surface area contributed by atoms with Crippen LogP contribution in [0.2, 0.25) is 0 Å². The molecule has 21 heavy (non-hydrogen) atoms. The summed E-state index contributed by atoms with van der Waals surface area (Å²) >= 11 is 0. The number of nitrogens with one attached hydrogen (secondary N) is 1. The minimum Gasteiger partial charge on any atom is -0.388 e. The summed E-state index contributed by atoms with van der Waals surface area (Å²) in [7, 11) is 0. The van der Waals surface area contributed by atoms with Gasteiger partial charge in [-0.25, -0.2) is 0 Å². The first kappa shape index (κ1) is 16.0. The highest BCUT2D eigenvalue weighted by molar-refractivity contribution is 6.05. The highest BCUT2D eigenvalue weighted by Gasteiger charge is 2.37. The third kappa shape index (κ3) is 3.43. The fourth-order valence-electron chi connectivity index (χ4n) is 2.85. The maximum absolute atomic E-state index is 10.0. The van der Waals surface area contributed by atoms with Crippen LogP contribution in [0.4, 0.5) is 0 Å². The normalized spacial score (nSPS) is 28.9. The summed E-state index contributed by atoms with van der Waals surface area (Å²) in [5.74, 6) is -1.81. The molecule has 0 aromatic heterocycles. The Bertz CT molecular complexity index is 518. The van der Waals surface area contributed by atoms with Crippen LogP contribution in [0, 0.1) is 11.3 Å². The van der Waals surface area contributed by atoms with Crippen molar-refractivity contribution in [2.75, 3.05) is 0 Å². The predicted molar refractivity (Wildman–Crippen MR) is 78.4 cm³/mol. The lowest BCUT2D eigenvalue weighted by atomic mass is 9.97. The van der Waals surface area contributed by atoms with Crippen LogP contribution >= 0.6 is 0 Å². The Kier molecular flexibility index (Phi) is 4.11. The van der Waals surface area contributed by atoms with Crippen molar-refractivity contribution in [2.45, 2.75) is 69.9 Å². The van der Waals surface area contributed by atoms with Crippen molar-refractivity contribution in [3.8, 4) is 6.07 Å². The van der Waals surface area contributed by atoms with Crippen LogP contribution < -0.4 is 5.32 Å². The number of nitrogens with zero attached hydrogens (tertiary/aromatic N) is 2. The number of nitriles is 1. The van der Waals surface area contributed by atoms with Crippen LogP contribution in [0.15, 0.2) is 16.3 Å². The predicted octanol–water partition coefficient (Wildman–Crippen LogP) is 0.591. The van der Waals surface area contributed by atoms with Crippen molar-refractivity contribution in [3.05, 3.63) is 11.3 Å². The van der Waals surface area contributed by atoms with Crippen molar-refractivity contribution in [3.63, 3.8) is 0 Å². The zero-order chi connectivity index (χ0) is 15.8. The first-order valence-electron chi connectivity index (χ1n) is 7.27. The fraction of sp³-hybridized carbons (Fsp3) is 0.733. The van der Waals surface area contributed by atoms with E-state index in [9.17, 15) is 20.6 Å². The number of allylic oxidation sites excluding steroid dienone is 2. The molecule has 2 aliphatic heterocycles. The molecule has 0 bridgehead atoms. The highest BCUT2D eigenvalue weighted by Crippen LogP contribution is 2.30. The maximum atomic E-state index is 10.0. The summed E-state index contributed by atoms with van der Waals surface area (Å²) in [5, 5.41) is 41.7. The quantitative estimate of drug-likeness (QED) is 0.450. The van der Waals surface area contributed by atoms with E-state index in [1.807, 2.05) is 0 Å². The second-order valence-electron chi connectivity index (χ2n) is 6.58. The Hall–Kier alpha value is -1.42. The summed E-state index contributed by atoms with van der Waals surface area (Å²) in [4.78, 5) is 4.48. The van der Waals surface area contributed by atoms with E-state index in [4.69, 9.17) is 0 Å². The van der Waals surface area contributed by atoms with E-state index in [0.717, 1.165) is 6.42 Å². The summed E-state index contributed by atoms with van der Waals surface area (Å²) in [5.41, 5.74) is 0.999. The number of aliphatic hydroxyl groups is 3. The van der Waals surface area contributed by atoms with E-state index in [-0.39, 0.29) is 6.04 Å². The second kappa shape index (κ2) is 5.41. The average Bonchev–Trinajstić information content (AvgIpc) is 2.96. The van der Waals surface area contributed by atoms with E-state index in [1.54, 1.807) is 13.8 Å². The van der Waals surface area contributed by atoms with Gasteiger partial charge in [0.2, 0.25) is 0 Å². The SMILES string of the molecule is CC(C)(O)[C@@H]1CCC(C(C#N)=C2CC[C@@H](C(C)(O)O)N2)=N1. The molecular weight excluding hydrogens is 270 g/mol. The first-order valence-corrected chi connectivity index (χ1v) is 7.27. The molecule has 1 saturated heterocycles. The molecule has 0 saturated carbocycles. The molecule has 116 valence electrons. The summed E-state index contributed by atoms with van der Waals surface area (Å²) in [6, 6.07) is 1.49. The molecule has 0 amide bonds. The highest BCUT2D eigenvalue weighted by atomic mass is 16.5. The van der Waals surface area contributed by atoms with Crippen LogP contribution in [0.25, 0.3) is 0 Å². The van der Waals surface area contributed by atoms with Gasteiger partial charge in [-0.15, -0.1) is 0 Å². The van der Waals surface area contributed by atoms with Crippen LogP contribution in [0.1, 0.15) is 46.5 Å². The van der Waals surface area contributed by atoms with Crippen LogP contribution in [0.5, 0.6) is 0 Å². The topological polar surface area (TPSA) is 109 Å². The van der Waals surface area contributed by atoms with Gasteiger partial charge in [-0.3, -0.25) is 4.99 Å².